The van der Waals surface area contributed by atoms with Gasteiger partial charge in [-0.2, -0.15) is 132 Å². The average molecular weight is 1680 g/mol. The number of hydrogen-bond donors (Lipinski definition) is 0. The lowest BCUT2D eigenvalue weighted by molar-refractivity contribution is -0.478. The average Bonchev–Trinajstić information content (AvgIpc) is 0.667. The van der Waals surface area contributed by atoms with Crippen molar-refractivity contribution in [2.45, 2.75) is 227 Å². The van der Waals surface area contributed by atoms with Crippen LogP contribution in [0.5, 0.6) is 0 Å². The predicted molar refractivity (Wildman–Crippen MR) is 282 cm³/mol. The van der Waals surface area contributed by atoms with E-state index in [0.717, 1.165) is 0 Å². The molecule has 0 bridgehead atoms. The lowest BCUT2D eigenvalue weighted by Gasteiger charge is -2.50. The number of alkyl halides is 36. The van der Waals surface area contributed by atoms with Crippen LogP contribution in [0.25, 0.3) is 0 Å². The summed E-state index contributed by atoms with van der Waals surface area (Å²) in [5, 5.41) is 0. The third-order valence-electron chi connectivity index (χ3n) is 15.0. The van der Waals surface area contributed by atoms with E-state index in [-0.39, 0.29) is 12.8 Å². The Morgan fingerprint density at radius 2 is 0.463 bits per heavy atom. The van der Waals surface area contributed by atoms with Crippen LogP contribution >= 0.6 is 0 Å². The minimum absolute atomic E-state index is 0.204. The molecule has 108 heavy (non-hydrogen) atoms. The molecule has 0 aromatic heterocycles. The molecule has 0 saturated heterocycles. The minimum Gasteiger partial charge on any atom is -0.462 e. The molecule has 0 aliphatic heterocycles. The van der Waals surface area contributed by atoms with Gasteiger partial charge in [-0.25, -0.2) is 45.5 Å². The zero-order valence-corrected chi connectivity index (χ0v) is 56.6. The highest BCUT2D eigenvalue weighted by molar-refractivity contribution is 5.85. The minimum atomic E-state index is -7.43. The molecule has 16 nitrogen and oxygen atoms in total. The van der Waals surface area contributed by atoms with E-state index in [1.165, 1.54) is 41.5 Å². The highest BCUT2D eigenvalue weighted by Crippen LogP contribution is 2.71. The quantitative estimate of drug-likeness (QED) is 0.0283. The number of esters is 8. The third kappa shape index (κ3) is 22.3. The molecule has 0 amide bonds. The van der Waals surface area contributed by atoms with Gasteiger partial charge in [-0.1, -0.05) is 41.5 Å². The number of ether oxygens (including phenoxy) is 8. The SMILES string of the molecule is CCC(C)(C)C(=O)OCCOC(=O)C(F)(F)CC(F)(F)CC(F)(F)F.CCC(C)(C)C(=O)OCCOC(=O)C1(F)C(F)(F)C(F)(F)C(F)(F)C(F)(F)C1(F)F.CCC(C)C(=O)OCCOC(=O)C(F)(F)CC(F)(F)CC(F)(F)F.CCC(C)C(=O)OCCOC(=O)C1(F)C(F)(F)C(F)(F)C(F)(F)C(F)(F)C1(F)F. The first-order valence-corrected chi connectivity index (χ1v) is 29.8. The second-order valence-electron chi connectivity index (χ2n) is 24.4. The third-order valence-corrected chi connectivity index (χ3v) is 15.0. The Morgan fingerprint density at radius 3 is 0.657 bits per heavy atom. The summed E-state index contributed by atoms with van der Waals surface area (Å²) in [5.41, 5.74) is -15.7. The van der Waals surface area contributed by atoms with Gasteiger partial charge < -0.3 is 37.9 Å². The Kier molecular flexibility index (Phi) is 33.8. The van der Waals surface area contributed by atoms with Gasteiger partial charge in [-0.3, -0.25) is 19.2 Å². The summed E-state index contributed by atoms with van der Waals surface area (Å²) < 4.78 is 505. The van der Waals surface area contributed by atoms with E-state index in [4.69, 9.17) is 0 Å². The molecule has 2 unspecified atom stereocenters. The lowest BCUT2D eigenvalue weighted by Crippen LogP contribution is -2.85. The first kappa shape index (κ1) is 103. The molecule has 0 N–H and O–H groups in total. The maximum Gasteiger partial charge on any atom is 0.394 e. The van der Waals surface area contributed by atoms with E-state index in [9.17, 15) is 196 Å². The fraction of sp³-hybridized carbons (Fsp3) is 0.857. The maximum atomic E-state index is 14.3. The monoisotopic (exact) mass is 1680 g/mol. The molecule has 636 valence electrons. The van der Waals surface area contributed by atoms with Crippen molar-refractivity contribution in [2.24, 2.45) is 22.7 Å². The number of carbonyl (C=O) groups is 8. The molecule has 2 aliphatic carbocycles. The van der Waals surface area contributed by atoms with Gasteiger partial charge in [-0.15, -0.1) is 0 Å². The number of rotatable bonds is 30. The van der Waals surface area contributed by atoms with Crippen LogP contribution in [0, 0.1) is 22.7 Å². The zero-order valence-electron chi connectivity index (χ0n) is 56.6. The second kappa shape index (κ2) is 35.3. The summed E-state index contributed by atoms with van der Waals surface area (Å²) in [6.45, 7) is 7.16. The molecular formula is C56H64F36O16. The standard InChI is InChI=1S/C15H15F11O4.C14H13F11O4.C14H19F7O4.C13H17F7O4/c1-4-9(2,3)7(27)29-5-6-30-8(28)10(16)11(17,18)13(21,22)15(25,26)14(23,24)12(10,19)20;1-3-6(2)7(26)28-4-5-29-8(27)9(15)10(16,17)12(20,21)14(24,25)13(22,23)11(9,18)19;1-4-11(2,3)9(22)24-5-6-25-10(23)13(17,18)7-12(15,16)8-14(19,20)21;1-3-8(2)9(21)23-4-5-24-10(22)12(16,17)6-11(14,15)7-13(18,19)20/h4-6H2,1-3H3;6H,3-5H2,1-2H3;4-8H2,1-3H3;8H,3-7H2,1-2H3. The molecule has 2 atom stereocenters. The van der Waals surface area contributed by atoms with Gasteiger partial charge in [0.15, 0.2) is 0 Å². The highest BCUT2D eigenvalue weighted by atomic mass is 19.4. The van der Waals surface area contributed by atoms with E-state index in [2.05, 4.69) is 37.9 Å². The van der Waals surface area contributed by atoms with Crippen molar-refractivity contribution < 1.29 is 234 Å². The summed E-state index contributed by atoms with van der Waals surface area (Å²) >= 11 is 0. The van der Waals surface area contributed by atoms with Gasteiger partial charge in [0, 0.05) is 0 Å². The molecule has 0 aromatic carbocycles. The van der Waals surface area contributed by atoms with Crippen LogP contribution in [0.2, 0.25) is 0 Å². The van der Waals surface area contributed by atoms with E-state index in [0.29, 0.717) is 12.8 Å². The van der Waals surface area contributed by atoms with Crippen molar-refractivity contribution in [3.8, 4) is 0 Å². The predicted octanol–water partition coefficient (Wildman–Crippen LogP) is 16.3. The van der Waals surface area contributed by atoms with E-state index < -0.39 is 256 Å². The Hall–Kier alpha value is -6.76. The van der Waals surface area contributed by atoms with E-state index in [1.54, 1.807) is 27.7 Å². The van der Waals surface area contributed by atoms with Crippen LogP contribution in [0.3, 0.4) is 0 Å². The Labute approximate surface area is 584 Å². The van der Waals surface area contributed by atoms with Crippen molar-refractivity contribution in [1.29, 1.82) is 0 Å². The highest BCUT2D eigenvalue weighted by Gasteiger charge is 3.05. The Bertz CT molecular complexity index is 3000. The van der Waals surface area contributed by atoms with Crippen molar-refractivity contribution in [3.63, 3.8) is 0 Å². The molecular weight excluding hydrogens is 1610 g/mol. The maximum absolute atomic E-state index is 14.3. The summed E-state index contributed by atoms with van der Waals surface area (Å²) in [4.78, 5) is 90.5. The molecule has 0 heterocycles. The van der Waals surface area contributed by atoms with Gasteiger partial charge in [0.2, 0.25) is 0 Å². The normalized spacial score (nSPS) is 20.4. The van der Waals surface area contributed by atoms with Crippen LogP contribution < -0.4 is 0 Å². The van der Waals surface area contributed by atoms with E-state index >= 15 is 0 Å². The van der Waals surface area contributed by atoms with Crippen LogP contribution in [0.1, 0.15) is 121 Å². The molecule has 0 aromatic rings. The topological polar surface area (TPSA) is 210 Å². The molecule has 2 rings (SSSR count). The Morgan fingerprint density at radius 1 is 0.278 bits per heavy atom. The van der Waals surface area contributed by atoms with Crippen LogP contribution in [0.15, 0.2) is 0 Å². The molecule has 2 saturated carbocycles. The van der Waals surface area contributed by atoms with Gasteiger partial charge in [0.1, 0.15) is 65.7 Å². The summed E-state index contributed by atoms with van der Waals surface area (Å²) in [5.74, 6) is -110. The van der Waals surface area contributed by atoms with Gasteiger partial charge in [0.05, 0.1) is 35.5 Å². The first-order chi connectivity index (χ1) is 47.6. The van der Waals surface area contributed by atoms with Crippen molar-refractivity contribution in [3.05, 3.63) is 0 Å². The van der Waals surface area contributed by atoms with Crippen LogP contribution in [-0.2, 0) is 76.3 Å². The van der Waals surface area contributed by atoms with Crippen molar-refractivity contribution >= 4 is 47.8 Å². The molecule has 52 heteroatoms. The fourth-order valence-electron chi connectivity index (χ4n) is 7.26. The molecule has 0 spiro atoms. The number of carbonyl (C=O) groups excluding carboxylic acids is 8. The van der Waals surface area contributed by atoms with Crippen molar-refractivity contribution in [1.82, 2.24) is 0 Å². The molecule has 0 radical (unpaired) electrons. The summed E-state index contributed by atoms with van der Waals surface area (Å²) in [7, 11) is 0. The zero-order chi connectivity index (χ0) is 86.7. The largest absolute Gasteiger partial charge is 0.462 e. The van der Waals surface area contributed by atoms with Crippen LogP contribution in [-0.4, -0.2) is 207 Å². The summed E-state index contributed by atoms with van der Waals surface area (Å²) in [6.07, 6.45) is -20.3. The first-order valence-electron chi connectivity index (χ1n) is 29.8. The fourth-order valence-corrected chi connectivity index (χ4v) is 7.26. The van der Waals surface area contributed by atoms with Crippen LogP contribution in [0.4, 0.5) is 158 Å². The van der Waals surface area contributed by atoms with Crippen molar-refractivity contribution in [2.75, 3.05) is 52.9 Å². The number of hydrogen-bond acceptors (Lipinski definition) is 16. The lowest BCUT2D eigenvalue weighted by atomic mass is 9.72. The summed E-state index contributed by atoms with van der Waals surface area (Å²) in [6, 6.07) is 0. The smallest absolute Gasteiger partial charge is 0.394 e. The number of halogens is 36. The van der Waals surface area contributed by atoms with Gasteiger partial charge >= 0.3 is 143 Å². The molecule has 2 aliphatic rings. The Balaban J connectivity index is 0. The van der Waals surface area contributed by atoms with Gasteiger partial charge in [0.25, 0.3) is 11.8 Å². The second-order valence-corrected chi connectivity index (χ2v) is 24.4. The van der Waals surface area contributed by atoms with Gasteiger partial charge in [-0.05, 0) is 53.4 Å². The van der Waals surface area contributed by atoms with E-state index in [1.807, 2.05) is 0 Å². The molecule has 2 fully saturated rings.